The van der Waals surface area contributed by atoms with Crippen molar-refractivity contribution >= 4 is 23.4 Å². The van der Waals surface area contributed by atoms with Crippen molar-refractivity contribution in [3.8, 4) is 0 Å². The van der Waals surface area contributed by atoms with Gasteiger partial charge in [0.25, 0.3) is 5.91 Å². The molecule has 8 heteroatoms. The zero-order valence-electron chi connectivity index (χ0n) is 15.3. The van der Waals surface area contributed by atoms with E-state index in [4.69, 9.17) is 16.3 Å². The van der Waals surface area contributed by atoms with Gasteiger partial charge in [-0.05, 0) is 24.1 Å². The number of rotatable bonds is 7. The van der Waals surface area contributed by atoms with Crippen LogP contribution in [0.4, 0.5) is 0 Å². The molecule has 0 bridgehead atoms. The first-order chi connectivity index (χ1) is 13.1. The smallest absolute Gasteiger partial charge is 0.272 e. The standard InChI is InChI=1S/C19H23ClN4O3/c1-27-9-3-7-21-19(26)18-15-12-24(8-6-16(15)22-23-18)17(25)11-13-4-2-5-14(20)10-13/h2,4-5,10H,3,6-9,11-12H2,1H3,(H,21,26)(H,22,23). The predicted octanol–water partition coefficient (Wildman–Crippen LogP) is 1.96. The Hall–Kier alpha value is -2.38. The van der Waals surface area contributed by atoms with Gasteiger partial charge >= 0.3 is 0 Å². The number of aromatic amines is 1. The van der Waals surface area contributed by atoms with Crippen LogP contribution in [0.5, 0.6) is 0 Å². The quantitative estimate of drug-likeness (QED) is 0.707. The summed E-state index contributed by atoms with van der Waals surface area (Å²) in [4.78, 5) is 26.8. The number of hydrogen-bond donors (Lipinski definition) is 2. The van der Waals surface area contributed by atoms with E-state index in [9.17, 15) is 9.59 Å². The highest BCUT2D eigenvalue weighted by molar-refractivity contribution is 6.30. The number of carbonyl (C=O) groups excluding carboxylic acids is 2. The Labute approximate surface area is 163 Å². The van der Waals surface area contributed by atoms with Gasteiger partial charge in [-0.2, -0.15) is 5.10 Å². The molecule has 7 nitrogen and oxygen atoms in total. The van der Waals surface area contributed by atoms with Crippen molar-refractivity contribution in [1.29, 1.82) is 0 Å². The van der Waals surface area contributed by atoms with Crippen molar-refractivity contribution in [2.75, 3.05) is 26.8 Å². The third-order valence-electron chi connectivity index (χ3n) is 4.56. The molecule has 0 spiro atoms. The molecule has 1 aromatic carbocycles. The lowest BCUT2D eigenvalue weighted by atomic mass is 10.0. The van der Waals surface area contributed by atoms with Gasteiger partial charge in [0, 0.05) is 56.1 Å². The van der Waals surface area contributed by atoms with Crippen molar-refractivity contribution < 1.29 is 14.3 Å². The van der Waals surface area contributed by atoms with Gasteiger partial charge in [-0.1, -0.05) is 23.7 Å². The lowest BCUT2D eigenvalue weighted by Gasteiger charge is -2.27. The van der Waals surface area contributed by atoms with Crippen LogP contribution < -0.4 is 5.32 Å². The van der Waals surface area contributed by atoms with Crippen LogP contribution in [0.3, 0.4) is 0 Å². The number of fused-ring (bicyclic) bond motifs is 1. The van der Waals surface area contributed by atoms with Crippen molar-refractivity contribution in [3.63, 3.8) is 0 Å². The predicted molar refractivity (Wildman–Crippen MR) is 102 cm³/mol. The first-order valence-electron chi connectivity index (χ1n) is 8.94. The molecule has 1 aromatic heterocycles. The van der Waals surface area contributed by atoms with E-state index in [1.54, 1.807) is 24.1 Å². The second-order valence-corrected chi connectivity index (χ2v) is 6.94. The van der Waals surface area contributed by atoms with Crippen LogP contribution in [0.15, 0.2) is 24.3 Å². The second kappa shape index (κ2) is 9.01. The number of halogens is 1. The molecule has 1 aliphatic heterocycles. The number of methoxy groups -OCH3 is 1. The average Bonchev–Trinajstić information content (AvgIpc) is 3.08. The van der Waals surface area contributed by atoms with Gasteiger partial charge in [0.05, 0.1) is 6.42 Å². The Morgan fingerprint density at radius 2 is 2.26 bits per heavy atom. The fraction of sp³-hybridized carbons (Fsp3) is 0.421. The SMILES string of the molecule is COCCCNC(=O)c1n[nH]c2c1CN(C(=O)Cc1cccc(Cl)c1)CC2. The largest absolute Gasteiger partial charge is 0.385 e. The maximum absolute atomic E-state index is 12.7. The van der Waals surface area contributed by atoms with E-state index >= 15 is 0 Å². The summed E-state index contributed by atoms with van der Waals surface area (Å²) < 4.78 is 4.98. The highest BCUT2D eigenvalue weighted by atomic mass is 35.5. The first kappa shape index (κ1) is 19.4. The molecule has 0 aliphatic carbocycles. The number of nitrogens with zero attached hydrogens (tertiary/aromatic N) is 2. The number of amides is 2. The number of carbonyl (C=O) groups is 2. The monoisotopic (exact) mass is 390 g/mol. The second-order valence-electron chi connectivity index (χ2n) is 6.50. The van der Waals surface area contributed by atoms with Crippen molar-refractivity contribution in [3.05, 3.63) is 51.8 Å². The van der Waals surface area contributed by atoms with Gasteiger partial charge in [-0.15, -0.1) is 0 Å². The number of benzene rings is 1. The molecule has 27 heavy (non-hydrogen) atoms. The van der Waals surface area contributed by atoms with E-state index in [0.29, 0.717) is 43.4 Å². The highest BCUT2D eigenvalue weighted by Gasteiger charge is 2.27. The summed E-state index contributed by atoms with van der Waals surface area (Å²) in [6, 6.07) is 7.30. The van der Waals surface area contributed by atoms with E-state index in [0.717, 1.165) is 23.2 Å². The molecule has 0 unspecified atom stereocenters. The van der Waals surface area contributed by atoms with Crippen molar-refractivity contribution in [1.82, 2.24) is 20.4 Å². The van der Waals surface area contributed by atoms with Crippen LogP contribution >= 0.6 is 11.6 Å². The van der Waals surface area contributed by atoms with Crippen LogP contribution in [-0.2, 0) is 28.9 Å². The summed E-state index contributed by atoms with van der Waals surface area (Å²) in [6.07, 6.45) is 1.67. The van der Waals surface area contributed by atoms with E-state index in [-0.39, 0.29) is 18.2 Å². The Morgan fingerprint density at radius 3 is 3.04 bits per heavy atom. The normalized spacial score (nSPS) is 13.3. The molecule has 2 heterocycles. The van der Waals surface area contributed by atoms with Crippen LogP contribution in [0.2, 0.25) is 5.02 Å². The summed E-state index contributed by atoms with van der Waals surface area (Å²) in [6.45, 7) is 2.09. The Kier molecular flexibility index (Phi) is 6.47. The lowest BCUT2D eigenvalue weighted by Crippen LogP contribution is -2.37. The number of hydrogen-bond acceptors (Lipinski definition) is 4. The van der Waals surface area contributed by atoms with Crippen LogP contribution in [0.25, 0.3) is 0 Å². The zero-order chi connectivity index (χ0) is 19.2. The van der Waals surface area contributed by atoms with Gasteiger partial charge in [0.2, 0.25) is 5.91 Å². The van der Waals surface area contributed by atoms with E-state index in [2.05, 4.69) is 15.5 Å². The fourth-order valence-electron chi connectivity index (χ4n) is 3.13. The Morgan fingerprint density at radius 1 is 1.41 bits per heavy atom. The minimum Gasteiger partial charge on any atom is -0.385 e. The van der Waals surface area contributed by atoms with E-state index in [1.807, 2.05) is 12.1 Å². The molecule has 0 fully saturated rings. The third-order valence-corrected chi connectivity index (χ3v) is 4.79. The van der Waals surface area contributed by atoms with Crippen molar-refractivity contribution in [2.24, 2.45) is 0 Å². The van der Waals surface area contributed by atoms with Gasteiger partial charge in [-0.25, -0.2) is 0 Å². The van der Waals surface area contributed by atoms with Crippen molar-refractivity contribution in [2.45, 2.75) is 25.8 Å². The topological polar surface area (TPSA) is 87.3 Å². The van der Waals surface area contributed by atoms with Crippen LogP contribution in [0.1, 0.15) is 33.7 Å². The van der Waals surface area contributed by atoms with E-state index in [1.165, 1.54) is 0 Å². The third kappa shape index (κ3) is 4.87. The molecule has 144 valence electrons. The van der Waals surface area contributed by atoms with Crippen LogP contribution in [-0.4, -0.2) is 53.7 Å². The minimum absolute atomic E-state index is 0.00979. The maximum Gasteiger partial charge on any atom is 0.272 e. The summed E-state index contributed by atoms with van der Waals surface area (Å²) in [7, 11) is 1.63. The zero-order valence-corrected chi connectivity index (χ0v) is 16.0. The Balaban J connectivity index is 1.64. The lowest BCUT2D eigenvalue weighted by molar-refractivity contribution is -0.131. The number of H-pyrrole nitrogens is 1. The molecule has 0 radical (unpaired) electrons. The number of ether oxygens (including phenoxy) is 1. The maximum atomic E-state index is 12.7. The number of nitrogens with one attached hydrogen (secondary N) is 2. The summed E-state index contributed by atoms with van der Waals surface area (Å²) in [5, 5.41) is 10.6. The molecular weight excluding hydrogens is 368 g/mol. The molecule has 0 atom stereocenters. The molecule has 0 saturated heterocycles. The summed E-state index contributed by atoms with van der Waals surface area (Å²) in [5.41, 5.74) is 2.96. The van der Waals surface area contributed by atoms with Crippen LogP contribution in [0, 0.1) is 0 Å². The molecule has 0 saturated carbocycles. The first-order valence-corrected chi connectivity index (χ1v) is 9.31. The van der Waals surface area contributed by atoms with Gasteiger partial charge in [0.1, 0.15) is 0 Å². The summed E-state index contributed by atoms with van der Waals surface area (Å²) >= 11 is 5.99. The summed E-state index contributed by atoms with van der Waals surface area (Å²) in [5.74, 6) is -0.219. The molecule has 1 aliphatic rings. The molecule has 3 rings (SSSR count). The van der Waals surface area contributed by atoms with Gasteiger partial charge < -0.3 is 15.0 Å². The van der Waals surface area contributed by atoms with Gasteiger partial charge in [-0.3, -0.25) is 14.7 Å². The molecule has 2 aromatic rings. The molecule has 2 N–H and O–H groups in total. The average molecular weight is 391 g/mol. The highest BCUT2D eigenvalue weighted by Crippen LogP contribution is 2.21. The van der Waals surface area contributed by atoms with E-state index < -0.39 is 0 Å². The van der Waals surface area contributed by atoms with Gasteiger partial charge in [0.15, 0.2) is 5.69 Å². The fourth-order valence-corrected chi connectivity index (χ4v) is 3.34. The number of aromatic nitrogens is 2. The minimum atomic E-state index is -0.229. The molecular formula is C19H23ClN4O3. The Bertz CT molecular complexity index is 821. The molecule has 2 amide bonds.